The number of guanidine groups is 1. The summed E-state index contributed by atoms with van der Waals surface area (Å²) in [5, 5.41) is 6.21. The smallest absolute Gasteiger partial charge is 0.245 e. The predicted molar refractivity (Wildman–Crippen MR) is 127 cm³/mol. The molecule has 1 heterocycles. The molecule has 0 atom stereocenters. The van der Waals surface area contributed by atoms with Crippen molar-refractivity contribution in [1.82, 2.24) is 15.5 Å². The summed E-state index contributed by atoms with van der Waals surface area (Å²) in [5.41, 5.74) is 7.62. The quantitative estimate of drug-likeness (QED) is 0.612. The van der Waals surface area contributed by atoms with E-state index in [0.29, 0.717) is 30.2 Å². The Morgan fingerprint density at radius 2 is 1.87 bits per heavy atom. The molecule has 4 N–H and O–H groups in total. The first-order valence-electron chi connectivity index (χ1n) is 11.2. The van der Waals surface area contributed by atoms with Crippen LogP contribution in [0.3, 0.4) is 0 Å². The second-order valence-electron chi connectivity index (χ2n) is 9.48. The van der Waals surface area contributed by atoms with E-state index in [1.807, 2.05) is 12.1 Å². The van der Waals surface area contributed by atoms with E-state index in [-0.39, 0.29) is 5.41 Å². The van der Waals surface area contributed by atoms with Crippen LogP contribution in [-0.2, 0) is 10.2 Å². The van der Waals surface area contributed by atoms with E-state index in [0.717, 1.165) is 12.1 Å². The fourth-order valence-corrected chi connectivity index (χ4v) is 4.01. The first-order valence-corrected chi connectivity index (χ1v) is 11.2. The van der Waals surface area contributed by atoms with Crippen LogP contribution in [-0.4, -0.2) is 48.8 Å². The minimum absolute atomic E-state index is 0.0793. The maximum absolute atomic E-state index is 11.4. The molecule has 1 saturated carbocycles. The molecule has 0 saturated heterocycles. The molecule has 2 aliphatic rings. The van der Waals surface area contributed by atoms with Gasteiger partial charge in [0.05, 0.1) is 6.54 Å². The zero-order valence-corrected chi connectivity index (χ0v) is 19.2. The molecule has 168 valence electrons. The number of nitrogens with two attached hydrogens (primary N) is 1. The fourth-order valence-electron chi connectivity index (χ4n) is 4.01. The van der Waals surface area contributed by atoms with E-state index in [9.17, 15) is 4.79 Å². The molecule has 0 radical (unpaired) electrons. The molecular weight excluding hydrogens is 388 g/mol. The molecule has 7 nitrogen and oxygen atoms in total. The summed E-state index contributed by atoms with van der Waals surface area (Å²) < 4.78 is 0. The number of carbonyl (C=O) groups excluding carboxylic acids is 1. The van der Waals surface area contributed by atoms with E-state index in [1.54, 1.807) is 0 Å². The van der Waals surface area contributed by atoms with Gasteiger partial charge in [0.25, 0.3) is 0 Å². The Balaban J connectivity index is 1.74. The molecule has 1 amide bonds. The number of benzene rings is 1. The second kappa shape index (κ2) is 10.1. The first-order chi connectivity index (χ1) is 14.7. The largest absolute Gasteiger partial charge is 0.366 e. The number of nitrogens with one attached hydrogen (secondary N) is 2. The van der Waals surface area contributed by atoms with Crippen molar-refractivity contribution in [3.63, 3.8) is 0 Å². The monoisotopic (exact) mass is 424 g/mol. The molecule has 3 rings (SSSR count). The lowest BCUT2D eigenvalue weighted by Gasteiger charge is -2.30. The molecule has 31 heavy (non-hydrogen) atoms. The van der Waals surface area contributed by atoms with Gasteiger partial charge in [-0.05, 0) is 30.9 Å². The van der Waals surface area contributed by atoms with Crippen LogP contribution in [0.1, 0.15) is 64.0 Å². The molecule has 1 aromatic rings. The molecule has 1 aromatic carbocycles. The number of hydrogen-bond acceptors (Lipinski definition) is 4. The normalized spacial score (nSPS) is 20.5. The summed E-state index contributed by atoms with van der Waals surface area (Å²) in [5.74, 6) is 1.08. The van der Waals surface area contributed by atoms with Crippen molar-refractivity contribution < 1.29 is 4.79 Å². The first kappa shape index (κ1) is 23.0. The third-order valence-corrected chi connectivity index (χ3v) is 5.94. The van der Waals surface area contributed by atoms with Gasteiger partial charge in [-0.1, -0.05) is 64.3 Å². The van der Waals surface area contributed by atoms with Gasteiger partial charge in [-0.25, -0.2) is 4.99 Å². The molecule has 0 spiro atoms. The highest BCUT2D eigenvalue weighted by Crippen LogP contribution is 2.23. The highest BCUT2D eigenvalue weighted by atomic mass is 16.1. The number of primary amides is 1. The van der Waals surface area contributed by atoms with Gasteiger partial charge in [0.2, 0.25) is 11.9 Å². The van der Waals surface area contributed by atoms with Crippen LogP contribution in [0.5, 0.6) is 0 Å². The summed E-state index contributed by atoms with van der Waals surface area (Å²) in [6.07, 6.45) is 7.86. The minimum atomic E-state index is -0.532. The van der Waals surface area contributed by atoms with Gasteiger partial charge in [-0.15, -0.1) is 0 Å². The fraction of sp³-hybridized carbons (Fsp3) is 0.542. The molecule has 1 aliphatic carbocycles. The van der Waals surface area contributed by atoms with Gasteiger partial charge >= 0.3 is 0 Å². The van der Waals surface area contributed by atoms with Crippen molar-refractivity contribution in [2.75, 3.05) is 20.1 Å². The standard InChI is InChI=1S/C24H36N6O/c1-24(2,3)18-12-10-17(11-13-18)22-27-21(16-20(25)31)28-23(29-22)26-14-15-30(4)19-8-6-5-7-9-19/h10-13,16,19H,5-9,14-15H2,1-4H3,(H2,25,31)(H2,26,27,28,29)/b21-16-. The highest BCUT2D eigenvalue weighted by Gasteiger charge is 2.19. The van der Waals surface area contributed by atoms with Crippen LogP contribution in [0.2, 0.25) is 0 Å². The van der Waals surface area contributed by atoms with Gasteiger partial charge < -0.3 is 21.3 Å². The summed E-state index contributed by atoms with van der Waals surface area (Å²) >= 11 is 0. The molecule has 0 aromatic heterocycles. The van der Waals surface area contributed by atoms with E-state index >= 15 is 0 Å². The number of aliphatic imine (C=N–C) groups is 2. The zero-order chi connectivity index (χ0) is 22.4. The van der Waals surface area contributed by atoms with Crippen molar-refractivity contribution >= 4 is 17.7 Å². The van der Waals surface area contributed by atoms with Crippen molar-refractivity contribution in [1.29, 1.82) is 0 Å². The lowest BCUT2D eigenvalue weighted by Crippen LogP contribution is -2.42. The average Bonchev–Trinajstić information content (AvgIpc) is 2.73. The maximum Gasteiger partial charge on any atom is 0.245 e. The molecule has 7 heteroatoms. The van der Waals surface area contributed by atoms with Gasteiger partial charge in [-0.2, -0.15) is 4.99 Å². The number of hydrogen-bond donors (Lipinski definition) is 3. The molecular formula is C24H36N6O. The van der Waals surface area contributed by atoms with E-state index in [1.165, 1.54) is 43.7 Å². The maximum atomic E-state index is 11.4. The van der Waals surface area contributed by atoms with Crippen molar-refractivity contribution in [2.45, 2.75) is 64.3 Å². The van der Waals surface area contributed by atoms with Crippen LogP contribution in [0, 0.1) is 0 Å². The Hall–Kier alpha value is -2.67. The highest BCUT2D eigenvalue weighted by molar-refractivity contribution is 6.09. The van der Waals surface area contributed by atoms with Crippen LogP contribution in [0.15, 0.2) is 46.1 Å². The minimum Gasteiger partial charge on any atom is -0.366 e. The molecule has 0 bridgehead atoms. The Morgan fingerprint density at radius 1 is 1.19 bits per heavy atom. The molecule has 1 fully saturated rings. The molecule has 0 unspecified atom stereocenters. The topological polar surface area (TPSA) is 95.1 Å². The van der Waals surface area contributed by atoms with E-state index in [4.69, 9.17) is 5.73 Å². The average molecular weight is 425 g/mol. The van der Waals surface area contributed by atoms with Gasteiger partial charge in [0.15, 0.2) is 0 Å². The van der Waals surface area contributed by atoms with Gasteiger partial charge in [-0.3, -0.25) is 4.79 Å². The van der Waals surface area contributed by atoms with Gasteiger partial charge in [0.1, 0.15) is 11.7 Å². The number of rotatable bonds is 6. The van der Waals surface area contributed by atoms with Crippen LogP contribution >= 0.6 is 0 Å². The van der Waals surface area contributed by atoms with Crippen LogP contribution in [0.4, 0.5) is 0 Å². The zero-order valence-electron chi connectivity index (χ0n) is 19.2. The third kappa shape index (κ3) is 6.66. The number of nitrogens with zero attached hydrogens (tertiary/aromatic N) is 3. The summed E-state index contributed by atoms with van der Waals surface area (Å²) in [4.78, 5) is 23.1. The Morgan fingerprint density at radius 3 is 2.48 bits per heavy atom. The SMILES string of the molecule is CN(CCN=C1N=C(c2ccc(C(C)(C)C)cc2)N/C(=C/C(N)=O)N1)C1CCCCC1. The number of carbonyl (C=O) groups is 1. The number of likely N-dealkylation sites (N-methyl/N-ethyl adjacent to an activating group) is 1. The lowest BCUT2D eigenvalue weighted by atomic mass is 9.86. The van der Waals surface area contributed by atoms with Crippen molar-refractivity contribution in [3.05, 3.63) is 47.3 Å². The van der Waals surface area contributed by atoms with E-state index in [2.05, 4.69) is 65.5 Å². The van der Waals surface area contributed by atoms with Gasteiger partial charge in [0, 0.05) is 24.2 Å². The molecule has 1 aliphatic heterocycles. The Kier molecular flexibility index (Phi) is 7.49. The van der Waals surface area contributed by atoms with Crippen LogP contribution < -0.4 is 16.4 Å². The summed E-state index contributed by atoms with van der Waals surface area (Å²) in [6, 6.07) is 8.94. The number of amidine groups is 1. The third-order valence-electron chi connectivity index (χ3n) is 5.94. The Bertz CT molecular complexity index is 857. The van der Waals surface area contributed by atoms with Crippen molar-refractivity contribution in [2.24, 2.45) is 15.7 Å². The van der Waals surface area contributed by atoms with Crippen molar-refractivity contribution in [3.8, 4) is 0 Å². The second-order valence-corrected chi connectivity index (χ2v) is 9.48. The van der Waals surface area contributed by atoms with Crippen LogP contribution in [0.25, 0.3) is 0 Å². The van der Waals surface area contributed by atoms with E-state index < -0.39 is 5.91 Å². The summed E-state index contributed by atoms with van der Waals surface area (Å²) in [7, 11) is 2.18. The number of amides is 1. The summed E-state index contributed by atoms with van der Waals surface area (Å²) in [6.45, 7) is 8.07. The Labute approximate surface area is 185 Å². The predicted octanol–water partition coefficient (Wildman–Crippen LogP) is 2.87. The lowest BCUT2D eigenvalue weighted by molar-refractivity contribution is -0.113.